The number of benzene rings is 1. The van der Waals surface area contributed by atoms with Crippen LogP contribution in [0.3, 0.4) is 0 Å². The molecule has 1 aromatic heterocycles. The molecule has 1 aromatic carbocycles. The summed E-state index contributed by atoms with van der Waals surface area (Å²) in [5.41, 5.74) is 1.18. The van der Waals surface area contributed by atoms with Crippen molar-refractivity contribution in [1.82, 2.24) is 9.71 Å². The number of sulfonamides is 1. The van der Waals surface area contributed by atoms with E-state index in [9.17, 15) is 8.42 Å². The highest BCUT2D eigenvalue weighted by Crippen LogP contribution is 2.28. The number of nitrogens with zero attached hydrogens (tertiary/aromatic N) is 1. The molecular formula is C12H12Cl2N2O2S2. The van der Waals surface area contributed by atoms with Crippen LogP contribution in [0, 0.1) is 6.92 Å². The number of aryl methyl sites for hydroxylation is 1. The topological polar surface area (TPSA) is 59.1 Å². The predicted octanol–water partition coefficient (Wildman–Crippen LogP) is 3.80. The number of hydrogen-bond acceptors (Lipinski definition) is 4. The molecule has 108 valence electrons. The van der Waals surface area contributed by atoms with E-state index < -0.39 is 16.1 Å². The summed E-state index contributed by atoms with van der Waals surface area (Å²) in [6, 6.07) is 6.64. The van der Waals surface area contributed by atoms with E-state index in [1.54, 1.807) is 32.0 Å². The quantitative estimate of drug-likeness (QED) is 0.912. The van der Waals surface area contributed by atoms with Crippen LogP contribution in [0.2, 0.25) is 9.49 Å². The van der Waals surface area contributed by atoms with Crippen molar-refractivity contribution in [3.05, 3.63) is 45.0 Å². The third-order valence-electron chi connectivity index (χ3n) is 2.65. The minimum Gasteiger partial charge on any atom is -0.229 e. The lowest BCUT2D eigenvalue weighted by atomic mass is 10.1. The second kappa shape index (κ2) is 5.99. The first-order valence-corrected chi connectivity index (χ1v) is 8.76. The highest BCUT2D eigenvalue weighted by molar-refractivity contribution is 7.91. The lowest BCUT2D eigenvalue weighted by Gasteiger charge is -2.14. The third-order valence-corrected chi connectivity index (χ3v) is 6.30. The van der Waals surface area contributed by atoms with Gasteiger partial charge >= 0.3 is 0 Å². The van der Waals surface area contributed by atoms with Gasteiger partial charge in [-0.3, -0.25) is 0 Å². The fourth-order valence-electron chi connectivity index (χ4n) is 1.73. The largest absolute Gasteiger partial charge is 0.252 e. The van der Waals surface area contributed by atoms with Crippen LogP contribution in [0.15, 0.2) is 28.5 Å². The van der Waals surface area contributed by atoms with Crippen molar-refractivity contribution < 1.29 is 8.42 Å². The number of aromatic nitrogens is 1. The number of nitrogens with one attached hydrogen (secondary N) is 1. The van der Waals surface area contributed by atoms with Crippen LogP contribution < -0.4 is 4.72 Å². The van der Waals surface area contributed by atoms with Crippen LogP contribution in [-0.2, 0) is 10.0 Å². The molecule has 20 heavy (non-hydrogen) atoms. The number of hydrogen-bond donors (Lipinski definition) is 1. The van der Waals surface area contributed by atoms with Crippen molar-refractivity contribution in [1.29, 1.82) is 0 Å². The van der Waals surface area contributed by atoms with Gasteiger partial charge in [0.15, 0.2) is 8.68 Å². The molecule has 0 spiro atoms. The molecule has 8 heteroatoms. The number of halogens is 2. The van der Waals surface area contributed by atoms with Crippen LogP contribution in [0.25, 0.3) is 0 Å². The van der Waals surface area contributed by atoms with Gasteiger partial charge < -0.3 is 0 Å². The minimum atomic E-state index is -3.65. The smallest absolute Gasteiger partial charge is 0.229 e. The molecule has 4 nitrogen and oxygen atoms in total. The summed E-state index contributed by atoms with van der Waals surface area (Å²) < 4.78 is 27.5. The third kappa shape index (κ3) is 3.51. The average molecular weight is 351 g/mol. The first kappa shape index (κ1) is 15.7. The van der Waals surface area contributed by atoms with Crippen LogP contribution in [-0.4, -0.2) is 13.4 Å². The summed E-state index contributed by atoms with van der Waals surface area (Å²) in [4.78, 5) is 3.92. The zero-order chi connectivity index (χ0) is 14.9. The van der Waals surface area contributed by atoms with Crippen molar-refractivity contribution in [3.8, 4) is 0 Å². The van der Waals surface area contributed by atoms with Gasteiger partial charge in [-0.25, -0.2) is 18.1 Å². The van der Waals surface area contributed by atoms with Crippen LogP contribution in [0.1, 0.15) is 24.2 Å². The molecule has 0 saturated carbocycles. The van der Waals surface area contributed by atoms with Crippen molar-refractivity contribution in [2.75, 3.05) is 0 Å². The lowest BCUT2D eigenvalue weighted by molar-refractivity contribution is 0.568. The standard InChI is InChI=1S/C12H12Cl2N2O2S2/c1-7(9-4-3-5-10(13)6-9)16-20(17,18)11-8(2)15-12(14)19-11/h3-7,16H,1-2H3. The van der Waals surface area contributed by atoms with Gasteiger partial charge in [-0.05, 0) is 31.5 Å². The van der Waals surface area contributed by atoms with Gasteiger partial charge in [0.05, 0.1) is 5.69 Å². The summed E-state index contributed by atoms with van der Waals surface area (Å²) >= 11 is 12.6. The van der Waals surface area contributed by atoms with E-state index in [0.29, 0.717) is 10.7 Å². The maximum absolute atomic E-state index is 12.3. The molecule has 1 atom stereocenters. The molecular weight excluding hydrogens is 339 g/mol. The van der Waals surface area contributed by atoms with Gasteiger partial charge in [0.2, 0.25) is 0 Å². The Morgan fingerprint density at radius 2 is 2.05 bits per heavy atom. The van der Waals surface area contributed by atoms with Crippen LogP contribution in [0.4, 0.5) is 0 Å². The van der Waals surface area contributed by atoms with E-state index in [0.717, 1.165) is 16.9 Å². The van der Waals surface area contributed by atoms with Gasteiger partial charge in [-0.2, -0.15) is 0 Å². The highest BCUT2D eigenvalue weighted by Gasteiger charge is 2.24. The Bertz CT molecular complexity index is 729. The van der Waals surface area contributed by atoms with E-state index in [2.05, 4.69) is 9.71 Å². The van der Waals surface area contributed by atoms with Crippen molar-refractivity contribution >= 4 is 44.6 Å². The number of thiazole rings is 1. The maximum Gasteiger partial charge on any atom is 0.252 e. The van der Waals surface area contributed by atoms with Crippen LogP contribution in [0.5, 0.6) is 0 Å². The second-order valence-electron chi connectivity index (χ2n) is 4.24. The minimum absolute atomic E-state index is 0.136. The molecule has 0 fully saturated rings. The van der Waals surface area contributed by atoms with E-state index in [1.807, 2.05) is 6.07 Å². The fraction of sp³-hybridized carbons (Fsp3) is 0.250. The Morgan fingerprint density at radius 3 is 2.60 bits per heavy atom. The van der Waals surface area contributed by atoms with Crippen molar-refractivity contribution in [2.45, 2.75) is 24.1 Å². The SMILES string of the molecule is Cc1nc(Cl)sc1S(=O)(=O)NC(C)c1cccc(Cl)c1. The van der Waals surface area contributed by atoms with Crippen molar-refractivity contribution in [3.63, 3.8) is 0 Å². The van der Waals surface area contributed by atoms with E-state index in [-0.39, 0.29) is 8.68 Å². The Morgan fingerprint density at radius 1 is 1.35 bits per heavy atom. The summed E-state index contributed by atoms with van der Waals surface area (Å²) in [5.74, 6) is 0. The van der Waals surface area contributed by atoms with Crippen molar-refractivity contribution in [2.24, 2.45) is 0 Å². The normalized spacial score (nSPS) is 13.4. The molecule has 0 saturated heterocycles. The summed E-state index contributed by atoms with van der Waals surface area (Å²) in [5, 5.41) is 0.561. The zero-order valence-corrected chi connectivity index (χ0v) is 13.9. The van der Waals surface area contributed by atoms with Gasteiger partial charge in [-0.15, -0.1) is 0 Å². The Hall–Kier alpha value is -0.660. The molecule has 0 aliphatic rings. The molecule has 2 aromatic rings. The summed E-state index contributed by atoms with van der Waals surface area (Å²) in [6.45, 7) is 3.36. The molecule has 0 radical (unpaired) electrons. The number of rotatable bonds is 4. The molecule has 0 aliphatic heterocycles. The highest BCUT2D eigenvalue weighted by atomic mass is 35.5. The van der Waals surface area contributed by atoms with E-state index in [4.69, 9.17) is 23.2 Å². The second-order valence-corrected chi connectivity index (χ2v) is 8.16. The molecule has 1 heterocycles. The predicted molar refractivity (Wildman–Crippen MR) is 82.0 cm³/mol. The maximum atomic E-state index is 12.3. The molecule has 1 N–H and O–H groups in total. The van der Waals surface area contributed by atoms with Gasteiger partial charge in [0.1, 0.15) is 0 Å². The van der Waals surface area contributed by atoms with Crippen LogP contribution >= 0.6 is 34.5 Å². The Balaban J connectivity index is 2.27. The molecule has 0 aliphatic carbocycles. The molecule has 0 bridgehead atoms. The van der Waals surface area contributed by atoms with Gasteiger partial charge in [-0.1, -0.05) is 46.7 Å². The molecule has 1 unspecified atom stereocenters. The summed E-state index contributed by atoms with van der Waals surface area (Å²) in [7, 11) is -3.65. The average Bonchev–Trinajstić information content (AvgIpc) is 2.69. The monoisotopic (exact) mass is 350 g/mol. The Labute approximate surface area is 131 Å². The summed E-state index contributed by atoms with van der Waals surface area (Å²) in [6.07, 6.45) is 0. The molecule has 0 amide bonds. The first-order valence-electron chi connectivity index (χ1n) is 5.70. The lowest BCUT2D eigenvalue weighted by Crippen LogP contribution is -2.26. The zero-order valence-electron chi connectivity index (χ0n) is 10.7. The first-order chi connectivity index (χ1) is 9.29. The van der Waals surface area contributed by atoms with Gasteiger partial charge in [0, 0.05) is 11.1 Å². The van der Waals surface area contributed by atoms with E-state index in [1.165, 1.54) is 0 Å². The Kier molecular flexibility index (Phi) is 4.71. The van der Waals surface area contributed by atoms with E-state index >= 15 is 0 Å². The van der Waals surface area contributed by atoms with Gasteiger partial charge in [0.25, 0.3) is 10.0 Å². The fourth-order valence-corrected chi connectivity index (χ4v) is 4.92. The molecule has 2 rings (SSSR count).